The number of rotatable bonds is 3. The standard InChI is InChI=1S/C7H13NO2/c9-6-10-8-7-4-2-1-3-5-7/h6-8H,1-5H2. The first-order valence-electron chi connectivity index (χ1n) is 3.78. The molecule has 0 aromatic carbocycles. The molecule has 3 nitrogen and oxygen atoms in total. The van der Waals surface area contributed by atoms with Crippen molar-refractivity contribution in [1.82, 2.24) is 5.48 Å². The number of hydrogen-bond donors (Lipinski definition) is 1. The zero-order valence-electron chi connectivity index (χ0n) is 6.01. The molecule has 0 amide bonds. The average Bonchev–Trinajstić information content (AvgIpc) is 2.03. The fourth-order valence-electron chi connectivity index (χ4n) is 1.34. The monoisotopic (exact) mass is 143 g/mol. The number of nitrogens with one attached hydrogen (secondary N) is 1. The van der Waals surface area contributed by atoms with Crippen molar-refractivity contribution in [2.75, 3.05) is 0 Å². The van der Waals surface area contributed by atoms with Gasteiger partial charge in [-0.15, -0.1) is 0 Å². The van der Waals surface area contributed by atoms with E-state index in [9.17, 15) is 4.79 Å². The minimum atomic E-state index is 0.402. The van der Waals surface area contributed by atoms with E-state index in [0.29, 0.717) is 12.5 Å². The number of hydroxylamine groups is 1. The third-order valence-corrected chi connectivity index (χ3v) is 1.89. The molecule has 0 heterocycles. The Morgan fingerprint density at radius 2 is 2.00 bits per heavy atom. The Balaban J connectivity index is 2.07. The van der Waals surface area contributed by atoms with Gasteiger partial charge in [0.05, 0.1) is 0 Å². The van der Waals surface area contributed by atoms with Crippen LogP contribution in [-0.2, 0) is 9.63 Å². The molecule has 0 radical (unpaired) electrons. The van der Waals surface area contributed by atoms with Crippen LogP contribution >= 0.6 is 0 Å². The summed E-state index contributed by atoms with van der Waals surface area (Å²) in [4.78, 5) is 14.2. The predicted molar refractivity (Wildman–Crippen MR) is 37.2 cm³/mol. The van der Waals surface area contributed by atoms with Gasteiger partial charge >= 0.3 is 6.47 Å². The highest BCUT2D eigenvalue weighted by Crippen LogP contribution is 2.16. The Morgan fingerprint density at radius 1 is 1.30 bits per heavy atom. The molecule has 0 bridgehead atoms. The molecule has 0 aliphatic heterocycles. The fourth-order valence-corrected chi connectivity index (χ4v) is 1.34. The van der Waals surface area contributed by atoms with E-state index in [-0.39, 0.29) is 0 Å². The van der Waals surface area contributed by atoms with Gasteiger partial charge < -0.3 is 4.84 Å². The van der Waals surface area contributed by atoms with E-state index in [1.807, 2.05) is 0 Å². The van der Waals surface area contributed by atoms with Gasteiger partial charge in [-0.05, 0) is 12.8 Å². The zero-order valence-corrected chi connectivity index (χ0v) is 6.01. The Hall–Kier alpha value is -0.570. The second-order valence-corrected chi connectivity index (χ2v) is 2.67. The molecule has 3 heteroatoms. The van der Waals surface area contributed by atoms with Crippen molar-refractivity contribution in [1.29, 1.82) is 0 Å². The van der Waals surface area contributed by atoms with E-state index in [4.69, 9.17) is 0 Å². The van der Waals surface area contributed by atoms with Crippen molar-refractivity contribution >= 4 is 6.47 Å². The summed E-state index contributed by atoms with van der Waals surface area (Å²) in [5, 5.41) is 0. The lowest BCUT2D eigenvalue weighted by molar-refractivity contribution is -0.137. The first kappa shape index (κ1) is 7.54. The Bertz CT molecular complexity index is 99.8. The molecule has 58 valence electrons. The molecule has 0 unspecified atom stereocenters. The van der Waals surface area contributed by atoms with E-state index in [0.717, 1.165) is 12.8 Å². The third kappa shape index (κ3) is 2.35. The summed E-state index contributed by atoms with van der Waals surface area (Å²) in [5.74, 6) is 0. The van der Waals surface area contributed by atoms with Gasteiger partial charge in [0.2, 0.25) is 0 Å². The predicted octanol–water partition coefficient (Wildman–Crippen LogP) is 0.997. The lowest BCUT2D eigenvalue weighted by Gasteiger charge is -2.20. The maximum absolute atomic E-state index is 9.76. The highest BCUT2D eigenvalue weighted by molar-refractivity contribution is 5.36. The van der Waals surface area contributed by atoms with Crippen molar-refractivity contribution in [2.45, 2.75) is 38.1 Å². The molecule has 1 N–H and O–H groups in total. The summed E-state index contributed by atoms with van der Waals surface area (Å²) in [7, 11) is 0. The first-order chi connectivity index (χ1) is 4.93. The maximum atomic E-state index is 9.76. The number of carbonyl (C=O) groups is 1. The second kappa shape index (κ2) is 4.28. The number of carbonyl (C=O) groups excluding carboxylic acids is 1. The normalized spacial score (nSPS) is 20.4. The smallest absolute Gasteiger partial charge is 0.312 e. The maximum Gasteiger partial charge on any atom is 0.312 e. The molecule has 0 aromatic heterocycles. The van der Waals surface area contributed by atoms with E-state index in [2.05, 4.69) is 10.3 Å². The summed E-state index contributed by atoms with van der Waals surface area (Å²) in [6.07, 6.45) is 6.08. The van der Waals surface area contributed by atoms with Crippen LogP contribution in [0.4, 0.5) is 0 Å². The lowest BCUT2D eigenvalue weighted by atomic mass is 9.96. The molecule has 1 aliphatic rings. The minimum Gasteiger partial charge on any atom is -0.373 e. The largest absolute Gasteiger partial charge is 0.373 e. The molecule has 0 aromatic rings. The molecule has 1 aliphatic carbocycles. The summed E-state index contributed by atoms with van der Waals surface area (Å²) >= 11 is 0. The first-order valence-corrected chi connectivity index (χ1v) is 3.78. The molecule has 0 saturated heterocycles. The molecule has 1 saturated carbocycles. The van der Waals surface area contributed by atoms with E-state index in [1.54, 1.807) is 0 Å². The van der Waals surface area contributed by atoms with Crippen molar-refractivity contribution < 1.29 is 9.63 Å². The van der Waals surface area contributed by atoms with Crippen LogP contribution in [0.5, 0.6) is 0 Å². The second-order valence-electron chi connectivity index (χ2n) is 2.67. The van der Waals surface area contributed by atoms with Crippen LogP contribution in [0.15, 0.2) is 0 Å². The van der Waals surface area contributed by atoms with Crippen molar-refractivity contribution in [3.8, 4) is 0 Å². The Kier molecular flexibility index (Phi) is 3.22. The van der Waals surface area contributed by atoms with Crippen molar-refractivity contribution in [3.63, 3.8) is 0 Å². The molecule has 0 atom stereocenters. The van der Waals surface area contributed by atoms with Crippen LogP contribution in [0.2, 0.25) is 0 Å². The summed E-state index contributed by atoms with van der Waals surface area (Å²) in [5.41, 5.74) is 2.70. The van der Waals surface area contributed by atoms with Crippen molar-refractivity contribution in [2.24, 2.45) is 0 Å². The number of hydrogen-bond acceptors (Lipinski definition) is 3. The minimum absolute atomic E-state index is 0.402. The molecular weight excluding hydrogens is 130 g/mol. The summed E-state index contributed by atoms with van der Waals surface area (Å²) < 4.78 is 0. The molecular formula is C7H13NO2. The fraction of sp³-hybridized carbons (Fsp3) is 0.857. The average molecular weight is 143 g/mol. The van der Waals surface area contributed by atoms with Crippen LogP contribution in [0.1, 0.15) is 32.1 Å². The van der Waals surface area contributed by atoms with Crippen LogP contribution < -0.4 is 5.48 Å². The molecule has 10 heavy (non-hydrogen) atoms. The Morgan fingerprint density at radius 3 is 2.60 bits per heavy atom. The third-order valence-electron chi connectivity index (χ3n) is 1.89. The van der Waals surface area contributed by atoms with E-state index in [1.165, 1.54) is 19.3 Å². The quantitative estimate of drug-likeness (QED) is 0.473. The van der Waals surface area contributed by atoms with Crippen LogP contribution in [0, 0.1) is 0 Å². The molecule has 1 rings (SSSR count). The molecule has 0 spiro atoms. The van der Waals surface area contributed by atoms with Gasteiger partial charge in [-0.1, -0.05) is 19.3 Å². The van der Waals surface area contributed by atoms with Gasteiger partial charge in [0.25, 0.3) is 0 Å². The SMILES string of the molecule is O=CONC1CCCCC1. The van der Waals surface area contributed by atoms with Gasteiger partial charge in [-0.25, -0.2) is 0 Å². The van der Waals surface area contributed by atoms with Crippen LogP contribution in [0.25, 0.3) is 0 Å². The van der Waals surface area contributed by atoms with Gasteiger partial charge in [0.15, 0.2) is 0 Å². The van der Waals surface area contributed by atoms with Gasteiger partial charge in [0.1, 0.15) is 0 Å². The molecule has 1 fully saturated rings. The summed E-state index contributed by atoms with van der Waals surface area (Å²) in [6.45, 7) is 0.439. The highest BCUT2D eigenvalue weighted by atomic mass is 16.7. The van der Waals surface area contributed by atoms with Crippen LogP contribution in [-0.4, -0.2) is 12.5 Å². The zero-order chi connectivity index (χ0) is 7.23. The van der Waals surface area contributed by atoms with Crippen LogP contribution in [0.3, 0.4) is 0 Å². The lowest BCUT2D eigenvalue weighted by Crippen LogP contribution is -2.30. The van der Waals surface area contributed by atoms with Crippen molar-refractivity contribution in [3.05, 3.63) is 0 Å². The van der Waals surface area contributed by atoms with Gasteiger partial charge in [0, 0.05) is 6.04 Å². The topological polar surface area (TPSA) is 38.3 Å². The summed E-state index contributed by atoms with van der Waals surface area (Å²) in [6, 6.07) is 0.402. The van der Waals surface area contributed by atoms with E-state index < -0.39 is 0 Å². The Labute approximate surface area is 60.7 Å². The van der Waals surface area contributed by atoms with E-state index >= 15 is 0 Å². The highest BCUT2D eigenvalue weighted by Gasteiger charge is 2.12. The van der Waals surface area contributed by atoms with Gasteiger partial charge in [-0.2, -0.15) is 5.48 Å². The van der Waals surface area contributed by atoms with Gasteiger partial charge in [-0.3, -0.25) is 4.79 Å².